The molecule has 0 spiro atoms. The van der Waals surface area contributed by atoms with Gasteiger partial charge in [-0.15, -0.1) is 0 Å². The van der Waals surface area contributed by atoms with Crippen LogP contribution in [0.2, 0.25) is 0 Å². The van der Waals surface area contributed by atoms with Crippen molar-refractivity contribution < 1.29 is 4.79 Å². The van der Waals surface area contributed by atoms with Crippen molar-refractivity contribution in [2.45, 2.75) is 18.8 Å². The van der Waals surface area contributed by atoms with Crippen LogP contribution in [0.4, 0.5) is 5.95 Å². The second kappa shape index (κ2) is 6.46. The van der Waals surface area contributed by atoms with Crippen LogP contribution in [0.1, 0.15) is 23.7 Å². The van der Waals surface area contributed by atoms with Gasteiger partial charge in [-0.05, 0) is 6.42 Å². The van der Waals surface area contributed by atoms with E-state index in [-0.39, 0.29) is 17.4 Å². The number of rotatable bonds is 4. The lowest BCUT2D eigenvalue weighted by atomic mass is 10.1. The summed E-state index contributed by atoms with van der Waals surface area (Å²) in [4.78, 5) is 39.2. The van der Waals surface area contributed by atoms with Gasteiger partial charge in [0.2, 0.25) is 11.9 Å². The normalized spacial score (nSPS) is 17.3. The highest BCUT2D eigenvalue weighted by molar-refractivity contribution is 5.78. The molecule has 1 saturated heterocycles. The lowest BCUT2D eigenvalue weighted by molar-refractivity contribution is -0.129. The Balaban J connectivity index is 1.70. The van der Waals surface area contributed by atoms with Gasteiger partial charge in [-0.2, -0.15) is 0 Å². The topological polar surface area (TPSA) is 87.1 Å². The average Bonchev–Trinajstić information content (AvgIpc) is 3.16. The number of nitrogens with zero attached hydrogens (tertiary/aromatic N) is 5. The first-order chi connectivity index (χ1) is 11.4. The second-order valence-electron chi connectivity index (χ2n) is 6.39. The summed E-state index contributed by atoms with van der Waals surface area (Å²) in [5.41, 5.74) is 1.48. The molecule has 3 heterocycles. The highest BCUT2D eigenvalue weighted by Gasteiger charge is 2.29. The van der Waals surface area contributed by atoms with E-state index in [1.165, 1.54) is 6.07 Å². The maximum absolute atomic E-state index is 12.5. The average molecular weight is 330 g/mol. The lowest BCUT2D eigenvalue weighted by Gasteiger charge is -2.17. The van der Waals surface area contributed by atoms with Crippen LogP contribution in [0.3, 0.4) is 0 Å². The molecule has 1 amide bonds. The summed E-state index contributed by atoms with van der Waals surface area (Å²) in [7, 11) is 5.55. The van der Waals surface area contributed by atoms with Gasteiger partial charge in [0, 0.05) is 58.1 Å². The highest BCUT2D eigenvalue weighted by atomic mass is 16.2. The van der Waals surface area contributed by atoms with E-state index in [0.29, 0.717) is 25.5 Å². The third-order valence-electron chi connectivity index (χ3n) is 4.38. The van der Waals surface area contributed by atoms with Gasteiger partial charge in [0.15, 0.2) is 0 Å². The van der Waals surface area contributed by atoms with Crippen LogP contribution in [-0.4, -0.2) is 57.5 Å². The predicted octanol–water partition coefficient (Wildman–Crippen LogP) is 0.128. The molecule has 1 N–H and O–H groups in total. The van der Waals surface area contributed by atoms with Crippen LogP contribution in [0, 0.1) is 0 Å². The zero-order valence-electron chi connectivity index (χ0n) is 14.2. The van der Waals surface area contributed by atoms with Crippen LogP contribution in [0.25, 0.3) is 0 Å². The number of imidazole rings is 1. The van der Waals surface area contributed by atoms with Crippen LogP contribution in [0.15, 0.2) is 23.4 Å². The van der Waals surface area contributed by atoms with Crippen LogP contribution < -0.4 is 10.5 Å². The molecule has 0 aliphatic carbocycles. The number of hydrogen-bond acceptors (Lipinski definition) is 5. The molecule has 1 unspecified atom stereocenters. The van der Waals surface area contributed by atoms with Crippen molar-refractivity contribution in [1.29, 1.82) is 0 Å². The van der Waals surface area contributed by atoms with Gasteiger partial charge in [0.1, 0.15) is 0 Å². The Morgan fingerprint density at radius 2 is 2.25 bits per heavy atom. The van der Waals surface area contributed by atoms with Crippen LogP contribution >= 0.6 is 0 Å². The summed E-state index contributed by atoms with van der Waals surface area (Å²) in [6.07, 6.45) is 4.57. The first kappa shape index (κ1) is 16.2. The number of nitrogens with one attached hydrogen (secondary N) is 1. The van der Waals surface area contributed by atoms with E-state index in [1.807, 2.05) is 30.6 Å². The van der Waals surface area contributed by atoms with Gasteiger partial charge < -0.3 is 14.4 Å². The summed E-state index contributed by atoms with van der Waals surface area (Å²) in [5.74, 6) is 0.720. The number of aromatic nitrogens is 4. The molecule has 24 heavy (non-hydrogen) atoms. The first-order valence-corrected chi connectivity index (χ1v) is 7.95. The number of hydrogen-bond donors (Lipinski definition) is 1. The van der Waals surface area contributed by atoms with Gasteiger partial charge >= 0.3 is 0 Å². The Labute approximate surface area is 140 Å². The molecule has 2 aromatic rings. The van der Waals surface area contributed by atoms with Crippen molar-refractivity contribution in [3.05, 3.63) is 40.3 Å². The molecule has 8 nitrogen and oxygen atoms in total. The molecule has 1 atom stereocenters. The number of aryl methyl sites for hydroxylation is 1. The monoisotopic (exact) mass is 330 g/mol. The molecule has 0 bridgehead atoms. The zero-order valence-corrected chi connectivity index (χ0v) is 14.2. The lowest BCUT2D eigenvalue weighted by Crippen LogP contribution is -2.30. The minimum absolute atomic E-state index is 0.0822. The molecule has 128 valence electrons. The molecule has 1 aliphatic heterocycles. The molecule has 0 aromatic carbocycles. The molecular weight excluding hydrogens is 308 g/mol. The summed E-state index contributed by atoms with van der Waals surface area (Å²) in [6, 6.07) is 1.53. The maximum Gasteiger partial charge on any atom is 0.252 e. The van der Waals surface area contributed by atoms with E-state index in [1.54, 1.807) is 17.4 Å². The molecule has 3 rings (SSSR count). The Bertz CT molecular complexity index is 794. The molecule has 8 heteroatoms. The minimum atomic E-state index is -0.164. The third kappa shape index (κ3) is 3.32. The number of carbonyl (C=O) groups is 1. The third-order valence-corrected chi connectivity index (χ3v) is 4.38. The molecule has 1 aliphatic rings. The number of carbonyl (C=O) groups excluding carboxylic acids is 1. The van der Waals surface area contributed by atoms with Gasteiger partial charge in [-0.1, -0.05) is 0 Å². The van der Waals surface area contributed by atoms with E-state index in [4.69, 9.17) is 0 Å². The van der Waals surface area contributed by atoms with Gasteiger partial charge in [0.05, 0.1) is 18.4 Å². The molecule has 0 saturated carbocycles. The van der Waals surface area contributed by atoms with E-state index in [2.05, 4.69) is 15.0 Å². The minimum Gasteiger partial charge on any atom is -0.348 e. The largest absolute Gasteiger partial charge is 0.348 e. The number of aromatic amines is 1. The van der Waals surface area contributed by atoms with Crippen LogP contribution in [-0.2, 0) is 18.3 Å². The highest BCUT2D eigenvalue weighted by Crippen LogP contribution is 2.26. The Hall–Kier alpha value is -2.64. The molecule has 1 fully saturated rings. The van der Waals surface area contributed by atoms with Gasteiger partial charge in [-0.25, -0.2) is 9.97 Å². The number of likely N-dealkylation sites (tertiary alicyclic amines) is 1. The SMILES string of the molecule is CN(C)c1nc(C2CCN(C(=O)Cc3cncn3C)C2)cc(=O)[nH]1. The Kier molecular flexibility index (Phi) is 4.37. The zero-order chi connectivity index (χ0) is 17.3. The van der Waals surface area contributed by atoms with Crippen molar-refractivity contribution in [2.24, 2.45) is 7.05 Å². The Morgan fingerprint density at radius 1 is 1.46 bits per heavy atom. The van der Waals surface area contributed by atoms with Crippen molar-refractivity contribution in [1.82, 2.24) is 24.4 Å². The van der Waals surface area contributed by atoms with Crippen molar-refractivity contribution in [3.63, 3.8) is 0 Å². The fraction of sp³-hybridized carbons (Fsp3) is 0.500. The second-order valence-corrected chi connectivity index (χ2v) is 6.39. The van der Waals surface area contributed by atoms with E-state index >= 15 is 0 Å². The fourth-order valence-electron chi connectivity index (χ4n) is 2.93. The first-order valence-electron chi connectivity index (χ1n) is 7.95. The summed E-state index contributed by atoms with van der Waals surface area (Å²) in [6.45, 7) is 1.28. The smallest absolute Gasteiger partial charge is 0.252 e. The molecule has 0 radical (unpaired) electrons. The van der Waals surface area contributed by atoms with Gasteiger partial charge in [0.25, 0.3) is 5.56 Å². The molecule has 2 aromatic heterocycles. The molecular formula is C16H22N6O2. The van der Waals surface area contributed by atoms with Crippen molar-refractivity contribution in [2.75, 3.05) is 32.1 Å². The number of anilines is 1. The van der Waals surface area contributed by atoms with Crippen molar-refractivity contribution >= 4 is 11.9 Å². The standard InChI is InChI=1S/C16H22N6O2/c1-20(2)16-18-13(7-14(23)19-16)11-4-5-22(9-11)15(24)6-12-8-17-10-21(12)3/h7-8,10-11H,4-6,9H2,1-3H3,(H,18,19,23). The van der Waals surface area contributed by atoms with E-state index in [9.17, 15) is 9.59 Å². The Morgan fingerprint density at radius 3 is 2.92 bits per heavy atom. The quantitative estimate of drug-likeness (QED) is 0.861. The van der Waals surface area contributed by atoms with E-state index in [0.717, 1.165) is 17.8 Å². The predicted molar refractivity (Wildman–Crippen MR) is 90.0 cm³/mol. The van der Waals surface area contributed by atoms with Crippen LogP contribution in [0.5, 0.6) is 0 Å². The summed E-state index contributed by atoms with van der Waals surface area (Å²) in [5, 5.41) is 0. The van der Waals surface area contributed by atoms with E-state index < -0.39 is 0 Å². The maximum atomic E-state index is 12.5. The van der Waals surface area contributed by atoms with Gasteiger partial charge in [-0.3, -0.25) is 14.6 Å². The fourth-order valence-corrected chi connectivity index (χ4v) is 2.93. The number of H-pyrrole nitrogens is 1. The summed E-state index contributed by atoms with van der Waals surface area (Å²) < 4.78 is 1.85. The number of amides is 1. The summed E-state index contributed by atoms with van der Waals surface area (Å²) >= 11 is 0. The van der Waals surface area contributed by atoms with Crippen molar-refractivity contribution in [3.8, 4) is 0 Å².